The molecular formula is C12H10Cl2N2O4. The number of benzene rings is 1. The number of halogens is 2. The molecule has 0 amide bonds. The van der Waals surface area contributed by atoms with Gasteiger partial charge in [0.05, 0.1) is 5.02 Å². The lowest BCUT2D eigenvalue weighted by molar-refractivity contribution is -0.143. The summed E-state index contributed by atoms with van der Waals surface area (Å²) in [4.78, 5) is 22.9. The van der Waals surface area contributed by atoms with Gasteiger partial charge in [0, 0.05) is 11.4 Å². The molecule has 1 aliphatic rings. The molecule has 0 bridgehead atoms. The second-order valence-corrected chi connectivity index (χ2v) is 5.29. The van der Waals surface area contributed by atoms with Crippen molar-refractivity contribution < 1.29 is 19.4 Å². The molecule has 0 aromatic heterocycles. The van der Waals surface area contributed by atoms with Crippen LogP contribution in [0.4, 0.5) is 0 Å². The Bertz CT molecular complexity index is 617. The summed E-state index contributed by atoms with van der Waals surface area (Å²) in [6.07, 6.45) is -0.0770. The average molecular weight is 317 g/mol. The van der Waals surface area contributed by atoms with Crippen LogP contribution in [0.5, 0.6) is 5.75 Å². The number of ether oxygens (including phenoxy) is 1. The van der Waals surface area contributed by atoms with E-state index in [0.29, 0.717) is 5.02 Å². The Hall–Kier alpha value is -1.79. The van der Waals surface area contributed by atoms with Crippen molar-refractivity contribution in [2.24, 2.45) is 5.10 Å². The number of carbonyl (C=O) groups is 2. The van der Waals surface area contributed by atoms with Crippen LogP contribution >= 0.6 is 23.2 Å². The second-order valence-electron chi connectivity index (χ2n) is 4.45. The van der Waals surface area contributed by atoms with Crippen LogP contribution < -0.4 is 10.2 Å². The van der Waals surface area contributed by atoms with E-state index in [9.17, 15) is 9.59 Å². The molecule has 2 rings (SSSR count). The Morgan fingerprint density at radius 1 is 1.45 bits per heavy atom. The minimum Gasteiger partial charge on any atom is -0.479 e. The summed E-state index contributed by atoms with van der Waals surface area (Å²) < 4.78 is 5.06. The van der Waals surface area contributed by atoms with Crippen LogP contribution in [0.15, 0.2) is 23.3 Å². The first-order valence-electron chi connectivity index (χ1n) is 5.56. The maximum atomic E-state index is 11.9. The summed E-state index contributed by atoms with van der Waals surface area (Å²) in [5, 5.41) is 13.3. The SMILES string of the molecule is CC1(C(=O)O)CC(C(=O)Oc2ccc(Cl)cc2Cl)=NN1. The van der Waals surface area contributed by atoms with Crippen LogP contribution in [0, 0.1) is 0 Å². The van der Waals surface area contributed by atoms with E-state index in [4.69, 9.17) is 33.0 Å². The molecule has 1 unspecified atom stereocenters. The molecule has 0 fully saturated rings. The van der Waals surface area contributed by atoms with Crippen molar-refractivity contribution in [3.05, 3.63) is 28.2 Å². The third-order valence-electron chi connectivity index (χ3n) is 2.76. The minimum atomic E-state index is -1.31. The van der Waals surface area contributed by atoms with Gasteiger partial charge in [0.2, 0.25) is 0 Å². The molecule has 1 aromatic carbocycles. The summed E-state index contributed by atoms with van der Waals surface area (Å²) in [5.74, 6) is -1.73. The van der Waals surface area contributed by atoms with Crippen molar-refractivity contribution >= 4 is 40.9 Å². The molecule has 1 aromatic rings. The quantitative estimate of drug-likeness (QED) is 0.658. The molecule has 0 saturated carbocycles. The Morgan fingerprint density at radius 3 is 2.70 bits per heavy atom. The number of hydrogen-bond donors (Lipinski definition) is 2. The summed E-state index contributed by atoms with van der Waals surface area (Å²) in [6.45, 7) is 1.42. The third-order valence-corrected chi connectivity index (χ3v) is 3.29. The molecule has 0 radical (unpaired) electrons. The fourth-order valence-corrected chi connectivity index (χ4v) is 2.01. The van der Waals surface area contributed by atoms with Crippen LogP contribution in [-0.4, -0.2) is 28.3 Å². The fraction of sp³-hybridized carbons (Fsp3) is 0.250. The number of carboxylic acids is 1. The van der Waals surface area contributed by atoms with Gasteiger partial charge in [-0.1, -0.05) is 23.2 Å². The zero-order valence-corrected chi connectivity index (χ0v) is 11.8. The maximum absolute atomic E-state index is 11.9. The molecule has 8 heteroatoms. The Kier molecular flexibility index (Phi) is 3.87. The van der Waals surface area contributed by atoms with Crippen molar-refractivity contribution in [1.29, 1.82) is 0 Å². The van der Waals surface area contributed by atoms with E-state index >= 15 is 0 Å². The van der Waals surface area contributed by atoms with Crippen LogP contribution in [-0.2, 0) is 9.59 Å². The normalized spacial score (nSPS) is 21.1. The van der Waals surface area contributed by atoms with Crippen LogP contribution in [0.25, 0.3) is 0 Å². The number of hydrogen-bond acceptors (Lipinski definition) is 5. The summed E-state index contributed by atoms with van der Waals surface area (Å²) in [7, 11) is 0. The van der Waals surface area contributed by atoms with Gasteiger partial charge in [-0.25, -0.2) is 9.59 Å². The number of esters is 1. The predicted molar refractivity (Wildman–Crippen MR) is 73.3 cm³/mol. The number of carboxylic acid groups (broad SMARTS) is 1. The average Bonchev–Trinajstić information content (AvgIpc) is 2.77. The second kappa shape index (κ2) is 5.30. The zero-order chi connectivity index (χ0) is 14.9. The van der Waals surface area contributed by atoms with Gasteiger partial charge in [0.15, 0.2) is 5.54 Å². The monoisotopic (exact) mass is 316 g/mol. The minimum absolute atomic E-state index is 0.0130. The van der Waals surface area contributed by atoms with E-state index in [1.807, 2.05) is 0 Å². The van der Waals surface area contributed by atoms with Gasteiger partial charge in [-0.05, 0) is 25.1 Å². The topological polar surface area (TPSA) is 88.0 Å². The van der Waals surface area contributed by atoms with Crippen molar-refractivity contribution in [2.75, 3.05) is 0 Å². The predicted octanol–water partition coefficient (Wildman–Crippen LogP) is 2.09. The van der Waals surface area contributed by atoms with Gasteiger partial charge in [-0.3, -0.25) is 5.43 Å². The van der Waals surface area contributed by atoms with Gasteiger partial charge in [0.1, 0.15) is 11.5 Å². The van der Waals surface area contributed by atoms with Gasteiger partial charge < -0.3 is 9.84 Å². The highest BCUT2D eigenvalue weighted by atomic mass is 35.5. The van der Waals surface area contributed by atoms with Gasteiger partial charge in [-0.15, -0.1) is 0 Å². The molecule has 6 nitrogen and oxygen atoms in total. The number of rotatable bonds is 3. The summed E-state index contributed by atoms with van der Waals surface area (Å²) >= 11 is 11.6. The number of hydrazone groups is 1. The molecule has 20 heavy (non-hydrogen) atoms. The molecule has 1 atom stereocenters. The first-order valence-corrected chi connectivity index (χ1v) is 6.32. The molecule has 0 spiro atoms. The molecule has 1 heterocycles. The highest BCUT2D eigenvalue weighted by molar-refractivity contribution is 6.39. The van der Waals surface area contributed by atoms with Gasteiger partial charge in [-0.2, -0.15) is 5.10 Å². The van der Waals surface area contributed by atoms with Crippen LogP contribution in [0.3, 0.4) is 0 Å². The Labute approximate surface area is 124 Å². The maximum Gasteiger partial charge on any atom is 0.360 e. The highest BCUT2D eigenvalue weighted by Gasteiger charge is 2.41. The largest absolute Gasteiger partial charge is 0.479 e. The zero-order valence-electron chi connectivity index (χ0n) is 10.3. The van der Waals surface area contributed by atoms with E-state index in [1.165, 1.54) is 25.1 Å². The van der Waals surface area contributed by atoms with Crippen molar-refractivity contribution in [3.63, 3.8) is 0 Å². The molecule has 1 aliphatic heterocycles. The molecule has 106 valence electrons. The summed E-state index contributed by atoms with van der Waals surface area (Å²) in [5.41, 5.74) is 1.09. The van der Waals surface area contributed by atoms with Crippen molar-refractivity contribution in [2.45, 2.75) is 18.9 Å². The summed E-state index contributed by atoms with van der Waals surface area (Å²) in [6, 6.07) is 4.40. The molecular weight excluding hydrogens is 307 g/mol. The Balaban J connectivity index is 2.09. The van der Waals surface area contributed by atoms with Crippen molar-refractivity contribution in [1.82, 2.24) is 5.43 Å². The Morgan fingerprint density at radius 2 is 2.15 bits per heavy atom. The lowest BCUT2D eigenvalue weighted by Crippen LogP contribution is -2.44. The van der Waals surface area contributed by atoms with Crippen molar-refractivity contribution in [3.8, 4) is 5.75 Å². The van der Waals surface area contributed by atoms with E-state index in [2.05, 4.69) is 10.5 Å². The number of aliphatic carboxylic acids is 1. The standard InChI is InChI=1S/C12H10Cl2N2O4/c1-12(11(18)19)5-8(15-16-12)10(17)20-9-3-2-6(13)4-7(9)14/h2-4,16H,5H2,1H3,(H,18,19). The number of nitrogens with zero attached hydrogens (tertiary/aromatic N) is 1. The van der Waals surface area contributed by atoms with Crippen LogP contribution in [0.1, 0.15) is 13.3 Å². The number of carbonyl (C=O) groups excluding carboxylic acids is 1. The van der Waals surface area contributed by atoms with E-state index in [0.717, 1.165) is 0 Å². The van der Waals surface area contributed by atoms with Gasteiger partial charge >= 0.3 is 11.9 Å². The molecule has 2 N–H and O–H groups in total. The van der Waals surface area contributed by atoms with E-state index in [1.54, 1.807) is 0 Å². The molecule has 0 aliphatic carbocycles. The third kappa shape index (κ3) is 2.86. The van der Waals surface area contributed by atoms with E-state index in [-0.39, 0.29) is 22.9 Å². The fourth-order valence-electron chi connectivity index (χ4n) is 1.56. The van der Waals surface area contributed by atoms with Gasteiger partial charge in [0.25, 0.3) is 0 Å². The molecule has 0 saturated heterocycles. The number of nitrogens with one attached hydrogen (secondary N) is 1. The van der Waals surface area contributed by atoms with Crippen LogP contribution in [0.2, 0.25) is 10.0 Å². The van der Waals surface area contributed by atoms with E-state index < -0.39 is 17.5 Å². The lowest BCUT2D eigenvalue weighted by Gasteiger charge is -2.16. The lowest BCUT2D eigenvalue weighted by atomic mass is 9.97. The first kappa shape index (κ1) is 14.6. The first-order chi connectivity index (χ1) is 9.32. The smallest absolute Gasteiger partial charge is 0.360 e. The highest BCUT2D eigenvalue weighted by Crippen LogP contribution is 2.28.